The highest BCUT2D eigenvalue weighted by atomic mass is 16.2. The van der Waals surface area contributed by atoms with Crippen LogP contribution >= 0.6 is 0 Å². The molecule has 0 radical (unpaired) electrons. The number of rotatable bonds is 3. The lowest BCUT2D eigenvalue weighted by atomic mass is 10.00. The summed E-state index contributed by atoms with van der Waals surface area (Å²) >= 11 is 0. The summed E-state index contributed by atoms with van der Waals surface area (Å²) in [6.45, 7) is 6.07. The van der Waals surface area contributed by atoms with Crippen LogP contribution in [0.5, 0.6) is 0 Å². The number of aryl methyl sites for hydroxylation is 2. The van der Waals surface area contributed by atoms with Gasteiger partial charge in [0.2, 0.25) is 5.91 Å². The second kappa shape index (κ2) is 5.93. The minimum atomic E-state index is 0.0265. The van der Waals surface area contributed by atoms with Crippen molar-refractivity contribution in [3.05, 3.63) is 46.8 Å². The van der Waals surface area contributed by atoms with Crippen LogP contribution in [0.3, 0.4) is 0 Å². The molecule has 1 amide bonds. The molecule has 1 aromatic carbocycles. The lowest BCUT2D eigenvalue weighted by Gasteiger charge is -2.28. The molecule has 0 saturated carbocycles. The van der Waals surface area contributed by atoms with Crippen molar-refractivity contribution in [1.82, 2.24) is 14.7 Å². The van der Waals surface area contributed by atoms with Gasteiger partial charge in [0, 0.05) is 20.1 Å². The number of nitrogens with zero attached hydrogens (tertiary/aromatic N) is 3. The van der Waals surface area contributed by atoms with E-state index in [4.69, 9.17) is 0 Å². The fourth-order valence-corrected chi connectivity index (χ4v) is 3.03. The van der Waals surface area contributed by atoms with Crippen LogP contribution in [0.25, 0.3) is 0 Å². The number of hydrogen-bond donors (Lipinski definition) is 1. The minimum absolute atomic E-state index is 0.0265. The third kappa shape index (κ3) is 2.90. The van der Waals surface area contributed by atoms with Crippen LogP contribution in [-0.4, -0.2) is 33.7 Å². The van der Waals surface area contributed by atoms with Gasteiger partial charge in [0.25, 0.3) is 0 Å². The molecule has 22 heavy (non-hydrogen) atoms. The first-order valence-corrected chi connectivity index (χ1v) is 7.64. The van der Waals surface area contributed by atoms with E-state index < -0.39 is 0 Å². The number of carbonyl (C=O) groups is 1. The molecular formula is C17H22N4O. The van der Waals surface area contributed by atoms with Crippen LogP contribution in [0.2, 0.25) is 0 Å². The van der Waals surface area contributed by atoms with Crippen molar-refractivity contribution in [2.75, 3.05) is 18.4 Å². The van der Waals surface area contributed by atoms with Gasteiger partial charge in [0.1, 0.15) is 0 Å². The second-order valence-electron chi connectivity index (χ2n) is 5.95. The van der Waals surface area contributed by atoms with Gasteiger partial charge >= 0.3 is 0 Å². The molecule has 0 bridgehead atoms. The molecule has 0 spiro atoms. The summed E-state index contributed by atoms with van der Waals surface area (Å²) in [4.78, 5) is 14.5. The Hall–Kier alpha value is -2.14. The Morgan fingerprint density at radius 2 is 2.00 bits per heavy atom. The number of carbonyl (C=O) groups excluding carboxylic acids is 1. The molecule has 1 aromatic heterocycles. The first kappa shape index (κ1) is 14.8. The van der Waals surface area contributed by atoms with Crippen LogP contribution in [0.15, 0.2) is 24.3 Å². The van der Waals surface area contributed by atoms with E-state index in [-0.39, 0.29) is 5.91 Å². The summed E-state index contributed by atoms with van der Waals surface area (Å²) in [6, 6.07) is 8.46. The summed E-state index contributed by atoms with van der Waals surface area (Å²) in [6.07, 6.45) is 1.01. The SMILES string of the molecule is Cc1nn(C)c(C)c1NC(=O)CN1CCc2ccccc2C1. The zero-order valence-electron chi connectivity index (χ0n) is 13.4. The zero-order chi connectivity index (χ0) is 15.7. The number of fused-ring (bicyclic) bond motifs is 1. The number of nitrogens with one attached hydrogen (secondary N) is 1. The summed E-state index contributed by atoms with van der Waals surface area (Å²) in [7, 11) is 1.89. The molecule has 5 nitrogen and oxygen atoms in total. The molecule has 2 aromatic rings. The lowest BCUT2D eigenvalue weighted by molar-refractivity contribution is -0.117. The first-order chi connectivity index (χ1) is 10.5. The van der Waals surface area contributed by atoms with E-state index in [0.29, 0.717) is 6.54 Å². The molecule has 1 aliphatic rings. The monoisotopic (exact) mass is 298 g/mol. The maximum Gasteiger partial charge on any atom is 0.238 e. The van der Waals surface area contributed by atoms with Crippen molar-refractivity contribution in [3.63, 3.8) is 0 Å². The quantitative estimate of drug-likeness (QED) is 0.943. The van der Waals surface area contributed by atoms with Gasteiger partial charge in [-0.15, -0.1) is 0 Å². The summed E-state index contributed by atoms with van der Waals surface area (Å²) < 4.78 is 1.79. The molecule has 0 fully saturated rings. The molecule has 116 valence electrons. The molecule has 2 heterocycles. The van der Waals surface area contributed by atoms with Crippen molar-refractivity contribution < 1.29 is 4.79 Å². The highest BCUT2D eigenvalue weighted by molar-refractivity contribution is 5.93. The molecule has 1 aliphatic heterocycles. The minimum Gasteiger partial charge on any atom is -0.322 e. The van der Waals surface area contributed by atoms with Crippen molar-refractivity contribution >= 4 is 11.6 Å². The van der Waals surface area contributed by atoms with E-state index in [1.807, 2.05) is 20.9 Å². The molecule has 0 saturated heterocycles. The molecule has 1 N–H and O–H groups in total. The third-order valence-electron chi connectivity index (χ3n) is 4.35. The second-order valence-corrected chi connectivity index (χ2v) is 5.95. The highest BCUT2D eigenvalue weighted by Gasteiger charge is 2.19. The van der Waals surface area contributed by atoms with Gasteiger partial charge in [0.15, 0.2) is 0 Å². The number of benzene rings is 1. The Balaban J connectivity index is 1.63. The Kier molecular flexibility index (Phi) is 3.98. The average Bonchev–Trinajstić information content (AvgIpc) is 2.73. The van der Waals surface area contributed by atoms with Crippen LogP contribution in [0.4, 0.5) is 5.69 Å². The van der Waals surface area contributed by atoms with E-state index in [1.54, 1.807) is 4.68 Å². The predicted octanol–water partition coefficient (Wildman–Crippen LogP) is 2.03. The lowest BCUT2D eigenvalue weighted by Crippen LogP contribution is -2.37. The average molecular weight is 298 g/mol. The Bertz CT molecular complexity index is 705. The van der Waals surface area contributed by atoms with E-state index in [1.165, 1.54) is 11.1 Å². The van der Waals surface area contributed by atoms with Gasteiger partial charge in [-0.2, -0.15) is 5.10 Å². The molecule has 3 rings (SSSR count). The Labute approximate surface area is 130 Å². The topological polar surface area (TPSA) is 50.2 Å². The standard InChI is InChI=1S/C17H22N4O/c1-12-17(13(2)20(3)19-12)18-16(22)11-21-9-8-14-6-4-5-7-15(14)10-21/h4-7H,8-11H2,1-3H3,(H,18,22). The number of hydrogen-bond acceptors (Lipinski definition) is 3. The number of aromatic nitrogens is 2. The van der Waals surface area contributed by atoms with Gasteiger partial charge in [-0.1, -0.05) is 24.3 Å². The van der Waals surface area contributed by atoms with Crippen molar-refractivity contribution in [3.8, 4) is 0 Å². The molecule has 0 unspecified atom stereocenters. The van der Waals surface area contributed by atoms with E-state index in [9.17, 15) is 4.79 Å². The van der Waals surface area contributed by atoms with E-state index in [2.05, 4.69) is 39.6 Å². The van der Waals surface area contributed by atoms with Crippen molar-refractivity contribution in [1.29, 1.82) is 0 Å². The van der Waals surface area contributed by atoms with Gasteiger partial charge in [0.05, 0.1) is 23.6 Å². The Morgan fingerprint density at radius 3 is 2.68 bits per heavy atom. The van der Waals surface area contributed by atoms with Gasteiger partial charge in [-0.05, 0) is 31.4 Å². The van der Waals surface area contributed by atoms with Crippen LogP contribution < -0.4 is 5.32 Å². The van der Waals surface area contributed by atoms with Gasteiger partial charge < -0.3 is 5.32 Å². The third-order valence-corrected chi connectivity index (χ3v) is 4.35. The maximum atomic E-state index is 12.3. The molecule has 0 aliphatic carbocycles. The van der Waals surface area contributed by atoms with Crippen LogP contribution in [0.1, 0.15) is 22.5 Å². The summed E-state index contributed by atoms with van der Waals surface area (Å²) in [5, 5.41) is 7.34. The normalized spacial score (nSPS) is 14.7. The number of anilines is 1. The Morgan fingerprint density at radius 1 is 1.27 bits per heavy atom. The van der Waals surface area contributed by atoms with Crippen LogP contribution in [0, 0.1) is 13.8 Å². The molecule has 5 heteroatoms. The predicted molar refractivity (Wildman–Crippen MR) is 86.7 cm³/mol. The summed E-state index contributed by atoms with van der Waals surface area (Å²) in [5.41, 5.74) is 5.41. The maximum absolute atomic E-state index is 12.3. The first-order valence-electron chi connectivity index (χ1n) is 7.64. The fourth-order valence-electron chi connectivity index (χ4n) is 3.03. The fraction of sp³-hybridized carbons (Fsp3) is 0.412. The van der Waals surface area contributed by atoms with Crippen molar-refractivity contribution in [2.45, 2.75) is 26.8 Å². The highest BCUT2D eigenvalue weighted by Crippen LogP contribution is 2.20. The molecular weight excluding hydrogens is 276 g/mol. The molecule has 0 atom stereocenters. The largest absolute Gasteiger partial charge is 0.322 e. The smallest absolute Gasteiger partial charge is 0.238 e. The van der Waals surface area contributed by atoms with E-state index >= 15 is 0 Å². The zero-order valence-corrected chi connectivity index (χ0v) is 13.4. The van der Waals surface area contributed by atoms with Gasteiger partial charge in [-0.25, -0.2) is 0 Å². The summed E-state index contributed by atoms with van der Waals surface area (Å²) in [5.74, 6) is 0.0265. The van der Waals surface area contributed by atoms with Crippen LogP contribution in [-0.2, 0) is 24.8 Å². The van der Waals surface area contributed by atoms with Crippen molar-refractivity contribution in [2.24, 2.45) is 7.05 Å². The number of amides is 1. The van der Waals surface area contributed by atoms with E-state index in [0.717, 1.165) is 36.6 Å². The van der Waals surface area contributed by atoms with Gasteiger partial charge in [-0.3, -0.25) is 14.4 Å².